The first kappa shape index (κ1) is 60.6. The van der Waals surface area contributed by atoms with Crippen LogP contribution >= 0.6 is 45.8 Å². The summed E-state index contributed by atoms with van der Waals surface area (Å²) < 4.78 is 47.6. The first-order valence-electron chi connectivity index (χ1n) is 23.7. The Balaban J connectivity index is 0.000000185. The quantitative estimate of drug-likeness (QED) is 0.0712. The van der Waals surface area contributed by atoms with Gasteiger partial charge in [0.05, 0.1) is 69.8 Å². The van der Waals surface area contributed by atoms with Gasteiger partial charge in [-0.05, 0) is 109 Å². The minimum atomic E-state index is -1.52. The van der Waals surface area contributed by atoms with Gasteiger partial charge >= 0.3 is 24.2 Å². The zero-order valence-electron chi connectivity index (χ0n) is 44.9. The summed E-state index contributed by atoms with van der Waals surface area (Å²) >= 11 is 13.8. The van der Waals surface area contributed by atoms with Crippen LogP contribution in [0.4, 0.5) is 8.78 Å². The Morgan fingerprint density at radius 1 is 0.671 bits per heavy atom. The molecule has 0 saturated carbocycles. The molecule has 18 nitrogen and oxygen atoms in total. The van der Waals surface area contributed by atoms with Crippen LogP contribution in [0.2, 0.25) is 10.3 Å². The minimum Gasteiger partial charge on any atom is -0.399 e. The second kappa shape index (κ2) is 23.9. The van der Waals surface area contributed by atoms with Gasteiger partial charge in [0.15, 0.2) is 16.9 Å². The normalized spacial score (nSPS) is 13.8. The molecule has 0 spiro atoms. The van der Waals surface area contributed by atoms with E-state index in [1.165, 1.54) is 61.2 Å². The number of aryl methyl sites for hydroxylation is 3. The van der Waals surface area contributed by atoms with Crippen LogP contribution in [0.1, 0.15) is 87.3 Å². The summed E-state index contributed by atoms with van der Waals surface area (Å²) in [5.74, 6) is 0. The fourth-order valence-electron chi connectivity index (χ4n) is 7.17. The maximum Gasteiger partial charge on any atom is 0.497 e. The molecule has 0 atom stereocenters. The Morgan fingerprint density at radius 3 is 1.61 bits per heavy atom. The summed E-state index contributed by atoms with van der Waals surface area (Å²) in [6, 6.07) is 17.6. The van der Waals surface area contributed by atoms with Gasteiger partial charge in [-0.25, -0.2) is 38.1 Å². The van der Waals surface area contributed by atoms with Crippen molar-refractivity contribution in [1.82, 2.24) is 52.7 Å². The fraction of sp³-hybridized carbons (Fsp3) is 0.423. The molecule has 1 aliphatic heterocycles. The highest BCUT2D eigenvalue weighted by Crippen LogP contribution is 2.36. The molecule has 1 N–H and O–H groups in total. The van der Waals surface area contributed by atoms with Crippen LogP contribution in [0.5, 0.6) is 0 Å². The number of halogens is 5. The van der Waals surface area contributed by atoms with E-state index in [0.717, 1.165) is 0 Å². The number of imidazole rings is 3. The molecule has 1 saturated heterocycles. The molecule has 0 radical (unpaired) electrons. The zero-order valence-corrected chi connectivity index (χ0v) is 48.6. The van der Waals surface area contributed by atoms with Crippen molar-refractivity contribution in [2.45, 2.75) is 112 Å². The van der Waals surface area contributed by atoms with Gasteiger partial charge < -0.3 is 14.3 Å². The van der Waals surface area contributed by atoms with Gasteiger partial charge in [-0.15, -0.1) is 0 Å². The SMILES string of the molecule is CC(C)(C)CI.CC1(C)OB(c2cnccc2C#N)OC1(C)C.Cn1c(=O)[nH]c2ccc(Cl)nc21.Cn1c(=O)n(CC(C)(C)F)c2ccc(-c3cnccc3C#N)nc21.Cn1c(=O)n(CC(C)(C)F)c2ccc(Cl)nc21. The lowest BCUT2D eigenvalue weighted by molar-refractivity contribution is 0.00578. The number of hydrogen-bond acceptors (Lipinski definition) is 12. The number of nitriles is 2. The molecular weight excluding hydrogens is 1130 g/mol. The van der Waals surface area contributed by atoms with E-state index in [4.69, 9.17) is 37.8 Å². The molecule has 76 heavy (non-hydrogen) atoms. The van der Waals surface area contributed by atoms with Crippen LogP contribution < -0.4 is 22.5 Å². The van der Waals surface area contributed by atoms with Crippen LogP contribution in [-0.2, 0) is 43.5 Å². The Morgan fingerprint density at radius 2 is 1.12 bits per heavy atom. The number of fused-ring (bicyclic) bond motifs is 3. The monoisotopic (exact) mass is 1190 g/mol. The highest BCUT2D eigenvalue weighted by molar-refractivity contribution is 14.1. The van der Waals surface area contributed by atoms with Crippen molar-refractivity contribution < 1.29 is 18.1 Å². The van der Waals surface area contributed by atoms with Crippen molar-refractivity contribution in [1.29, 1.82) is 10.5 Å². The van der Waals surface area contributed by atoms with E-state index in [2.05, 4.69) is 85.4 Å². The van der Waals surface area contributed by atoms with Crippen molar-refractivity contribution in [2.24, 2.45) is 26.6 Å². The predicted molar refractivity (Wildman–Crippen MR) is 303 cm³/mol. The second-order valence-corrected chi connectivity index (χ2v) is 22.7. The van der Waals surface area contributed by atoms with Crippen molar-refractivity contribution in [3.05, 3.63) is 126 Å². The summed E-state index contributed by atoms with van der Waals surface area (Å²) in [6.07, 6.45) is 6.32. The number of H-pyrrole nitrogens is 1. The Labute approximate surface area is 463 Å². The second-order valence-electron chi connectivity index (χ2n) is 21.2. The van der Waals surface area contributed by atoms with E-state index in [9.17, 15) is 28.4 Å². The van der Waals surface area contributed by atoms with Crippen LogP contribution in [0, 0.1) is 28.1 Å². The average molecular weight is 1190 g/mol. The van der Waals surface area contributed by atoms with Crippen molar-refractivity contribution in [3.8, 4) is 23.4 Å². The molecule has 8 aromatic heterocycles. The number of aromatic amines is 1. The predicted octanol–water partition coefficient (Wildman–Crippen LogP) is 9.19. The first-order valence-corrected chi connectivity index (χ1v) is 26.0. The molecule has 0 amide bonds. The van der Waals surface area contributed by atoms with Crippen LogP contribution in [0.25, 0.3) is 44.7 Å². The van der Waals surface area contributed by atoms with Gasteiger partial charge in [0.2, 0.25) is 0 Å². The lowest BCUT2D eigenvalue weighted by Gasteiger charge is -2.32. The molecule has 9 rings (SSSR count). The molecule has 9 heterocycles. The molecule has 0 aromatic carbocycles. The first-order chi connectivity index (χ1) is 35.2. The summed E-state index contributed by atoms with van der Waals surface area (Å²) in [6.45, 7) is 20.3. The van der Waals surface area contributed by atoms with E-state index < -0.39 is 29.7 Å². The van der Waals surface area contributed by atoms with Crippen molar-refractivity contribution >= 4 is 91.9 Å². The van der Waals surface area contributed by atoms with Gasteiger partial charge in [-0.1, -0.05) is 66.6 Å². The topological polar surface area (TPSA) is 222 Å². The Hall–Kier alpha value is -6.31. The van der Waals surface area contributed by atoms with E-state index in [0.29, 0.717) is 77.1 Å². The summed E-state index contributed by atoms with van der Waals surface area (Å²) in [4.78, 5) is 58.7. The van der Waals surface area contributed by atoms with Crippen molar-refractivity contribution in [2.75, 3.05) is 4.43 Å². The molecule has 1 aliphatic rings. The van der Waals surface area contributed by atoms with E-state index in [-0.39, 0.29) is 30.2 Å². The standard InChI is InChI=1S/C17H16FN5O.C12H15BN2O2.C11H13ClFN3O.C7H6ClN3O.C5H11I/c1-17(2,18)10-23-14-5-4-13(21-15(14)22(3)16(23)24)12-9-20-7-6-11(12)8-19;1-11(2)12(3,4)17-13(16-11)10-8-15-6-5-9(10)7-14;1-11(2,13)6-16-7-4-5-8(12)14-9(7)15(3)10(16)17;1-11-6-4(9-7(11)12)2-3-5(8)10-6;1-5(2,3)4-6/h4-7,9H,10H2,1-3H3;5-6,8H,1-4H3;4-5H,6H2,1-3H3;2-3H,1H3,(H,9,12);4H2,1-3H3. The number of hydrogen-bond donors (Lipinski definition) is 1. The van der Waals surface area contributed by atoms with Crippen molar-refractivity contribution in [3.63, 3.8) is 0 Å². The number of alkyl halides is 3. The number of pyridine rings is 5. The average Bonchev–Trinajstić information content (AvgIpc) is 3.93. The molecule has 8 aromatic rings. The largest absolute Gasteiger partial charge is 0.497 e. The van der Waals surface area contributed by atoms with E-state index in [1.54, 1.807) is 88.3 Å². The van der Waals surface area contributed by atoms with Crippen LogP contribution in [0.3, 0.4) is 0 Å². The third-order valence-electron chi connectivity index (χ3n) is 11.8. The van der Waals surface area contributed by atoms with Crippen LogP contribution in [-0.4, -0.2) is 86.8 Å². The summed E-state index contributed by atoms with van der Waals surface area (Å²) in [5, 5.41) is 19.0. The molecule has 24 heteroatoms. The number of nitrogens with zero attached hydrogens (tertiary/aromatic N) is 12. The molecule has 0 bridgehead atoms. The smallest absolute Gasteiger partial charge is 0.399 e. The lowest BCUT2D eigenvalue weighted by Crippen LogP contribution is -2.41. The van der Waals surface area contributed by atoms with Crippen LogP contribution in [0.15, 0.2) is 87.7 Å². The maximum absolute atomic E-state index is 14.0. The lowest BCUT2D eigenvalue weighted by atomic mass is 9.77. The highest BCUT2D eigenvalue weighted by Gasteiger charge is 2.52. The van der Waals surface area contributed by atoms with Gasteiger partial charge in [-0.2, -0.15) is 10.5 Å². The van der Waals surface area contributed by atoms with Gasteiger partial charge in [-0.3, -0.25) is 32.8 Å². The third-order valence-corrected chi connectivity index (χ3v) is 14.5. The molecule has 0 unspecified atom stereocenters. The molecule has 402 valence electrons. The van der Waals surface area contributed by atoms with Gasteiger partial charge in [0.1, 0.15) is 21.6 Å². The van der Waals surface area contributed by atoms with Gasteiger partial charge in [0.25, 0.3) is 0 Å². The number of rotatable bonds is 6. The zero-order chi connectivity index (χ0) is 56.9. The van der Waals surface area contributed by atoms with Gasteiger partial charge in [0, 0.05) is 61.4 Å². The minimum absolute atomic E-state index is 0.00745. The fourth-order valence-corrected chi connectivity index (χ4v) is 7.45. The molecule has 0 aliphatic carbocycles. The van der Waals surface area contributed by atoms with E-state index in [1.807, 2.05) is 27.7 Å². The number of aromatic nitrogens is 11. The maximum atomic E-state index is 14.0. The summed E-state index contributed by atoms with van der Waals surface area (Å²) in [5.41, 5.74) is 2.08. The molecule has 1 fully saturated rings. The Kier molecular flexibility index (Phi) is 19.1. The summed E-state index contributed by atoms with van der Waals surface area (Å²) in [7, 11) is 4.31. The number of nitrogens with one attached hydrogen (secondary N) is 1. The van der Waals surface area contributed by atoms with E-state index >= 15 is 0 Å². The Bertz CT molecular complexity index is 3630. The molecular formula is C52H61BCl2F2IN13O5. The third kappa shape index (κ3) is 14.8. The highest BCUT2D eigenvalue weighted by atomic mass is 127.